The number of hydrogen-bond donors (Lipinski definition) is 0. The van der Waals surface area contributed by atoms with E-state index in [1.807, 2.05) is 1.44 Å². The maximum atomic E-state index is 2.36. The summed E-state index contributed by atoms with van der Waals surface area (Å²) in [5.74, 6) is 0. The lowest BCUT2D eigenvalue weighted by molar-refractivity contribution is 0.245. The molecule has 0 aromatic carbocycles. The summed E-state index contributed by atoms with van der Waals surface area (Å²) in [6, 6.07) is 0. The number of alkyl halides is 1. The fraction of sp³-hybridized carbons (Fsp3) is 1.00. The van der Waals surface area contributed by atoms with E-state index < -0.39 is 0 Å². The number of hydrogen-bond acceptors (Lipinski definition) is 2. The molecule has 0 aliphatic rings. The lowest BCUT2D eigenvalue weighted by Crippen LogP contribution is -2.28. The van der Waals surface area contributed by atoms with Crippen LogP contribution in [0.1, 0.15) is 6.92 Å². The molecule has 50 valence electrons. The smallest absolute Gasteiger partial charge is 0.0744 e. The molecule has 0 aliphatic carbocycles. The van der Waals surface area contributed by atoms with Crippen molar-refractivity contribution < 1.29 is 0 Å². The second-order valence-electron chi connectivity index (χ2n) is 1.36. The van der Waals surface area contributed by atoms with Crippen LogP contribution in [0.2, 0.25) is 0 Å². The van der Waals surface area contributed by atoms with E-state index in [1.165, 1.54) is 0 Å². The molecule has 0 heterocycles. The Kier molecular flexibility index (Phi) is 6.13. The van der Waals surface area contributed by atoms with Gasteiger partial charge < -0.3 is 0 Å². The summed E-state index contributed by atoms with van der Waals surface area (Å²) in [7, 11) is 2.05. The quantitative estimate of drug-likeness (QED) is 0.209. The third-order valence-electron chi connectivity index (χ3n) is 0.753. The third-order valence-corrected chi connectivity index (χ3v) is 2.92. The molecule has 0 saturated heterocycles. The first kappa shape index (κ1) is 10.1. The van der Waals surface area contributed by atoms with Crippen molar-refractivity contribution in [2.45, 2.75) is 11.0 Å². The number of rotatable bonds is 2. The number of nitrogens with zero attached hydrogens (tertiary/aromatic N) is 2. The minimum Gasteiger partial charge on any atom is -0.214 e. The summed E-state index contributed by atoms with van der Waals surface area (Å²) < 4.78 is 2.56. The third kappa shape index (κ3) is 4.01. The van der Waals surface area contributed by atoms with E-state index >= 15 is 0 Å². The Hall–Kier alpha value is 2.11. The van der Waals surface area contributed by atoms with Crippen LogP contribution in [0, 0.1) is 0 Å². The maximum absolute atomic E-state index is 2.36. The van der Waals surface area contributed by atoms with Crippen molar-refractivity contribution in [1.82, 2.24) is 6.44 Å². The van der Waals surface area contributed by atoms with Gasteiger partial charge in [0.25, 0.3) is 0 Å². The van der Waals surface area contributed by atoms with Gasteiger partial charge in [-0.2, -0.15) is 0 Å². The Labute approximate surface area is 91.5 Å². The second-order valence-corrected chi connectivity index (χ2v) is 6.84. The van der Waals surface area contributed by atoms with Gasteiger partial charge in [-0.3, -0.25) is 0 Å². The zero-order chi connectivity index (χ0) is 6.73. The van der Waals surface area contributed by atoms with Gasteiger partial charge in [0.05, 0.1) is 4.05 Å². The first-order valence-corrected chi connectivity index (χ1v) is 5.21. The highest BCUT2D eigenvalue weighted by Gasteiger charge is 2.07. The molecule has 0 rings (SSSR count). The minimum atomic E-state index is 0.557. The molecule has 0 aromatic heterocycles. The van der Waals surface area contributed by atoms with E-state index in [4.69, 9.17) is 0 Å². The predicted molar refractivity (Wildman–Crippen MR) is 61.1 cm³/mol. The van der Waals surface area contributed by atoms with Crippen LogP contribution in [0.4, 0.5) is 0 Å². The lowest BCUT2D eigenvalue weighted by atomic mass is 10.7. The molecule has 1 atom stereocenters. The van der Waals surface area contributed by atoms with Crippen molar-refractivity contribution in [3.05, 3.63) is 0 Å². The van der Waals surface area contributed by atoms with Crippen LogP contribution in [-0.2, 0) is 0 Å². The van der Waals surface area contributed by atoms with Crippen molar-refractivity contribution >= 4 is 68.3 Å². The monoisotopic (exact) mass is 452 g/mol. The Bertz CT molecular complexity index is 57.5. The van der Waals surface area contributed by atoms with E-state index in [2.05, 4.69) is 87.3 Å². The van der Waals surface area contributed by atoms with Crippen LogP contribution in [0.25, 0.3) is 0 Å². The van der Waals surface area contributed by atoms with E-state index in [-0.39, 0.29) is 0 Å². The average molecular weight is 452 g/mol. The fourth-order valence-corrected chi connectivity index (χ4v) is 2.07. The topological polar surface area (TPSA) is 6.48 Å². The number of hydrazine groups is 1. The standard InChI is InChI=1S/C3H7I3N2/c1-3(4)7(2)8(5)6/h3H,1-2H3. The summed E-state index contributed by atoms with van der Waals surface area (Å²) in [5, 5.41) is 2.13. The molecule has 0 aliphatic heterocycles. The Morgan fingerprint density at radius 1 is 1.38 bits per heavy atom. The highest BCUT2D eigenvalue weighted by molar-refractivity contribution is 14.2. The van der Waals surface area contributed by atoms with Gasteiger partial charge in [0.15, 0.2) is 0 Å². The maximum Gasteiger partial charge on any atom is 0.0744 e. The highest BCUT2D eigenvalue weighted by Crippen LogP contribution is 2.16. The highest BCUT2D eigenvalue weighted by atomic mass is 127. The summed E-state index contributed by atoms with van der Waals surface area (Å²) in [4.78, 5) is 0. The molecule has 0 amide bonds. The first-order chi connectivity index (χ1) is 3.55. The summed E-state index contributed by atoms with van der Waals surface area (Å²) in [6.07, 6.45) is 0. The van der Waals surface area contributed by atoms with Gasteiger partial charge in [0, 0.05) is 52.8 Å². The van der Waals surface area contributed by atoms with Gasteiger partial charge in [0.1, 0.15) is 0 Å². The van der Waals surface area contributed by atoms with Crippen LogP contribution in [0.3, 0.4) is 0 Å². The predicted octanol–water partition coefficient (Wildman–Crippen LogP) is 2.62. The largest absolute Gasteiger partial charge is 0.214 e. The molecule has 8 heavy (non-hydrogen) atoms. The molecule has 2 nitrogen and oxygen atoms in total. The van der Waals surface area contributed by atoms with E-state index in [0.29, 0.717) is 4.05 Å². The average Bonchev–Trinajstić information content (AvgIpc) is 1.64. The van der Waals surface area contributed by atoms with Crippen molar-refractivity contribution in [3.63, 3.8) is 0 Å². The van der Waals surface area contributed by atoms with Gasteiger partial charge in [0.2, 0.25) is 0 Å². The lowest BCUT2D eigenvalue weighted by Gasteiger charge is -2.22. The fourth-order valence-electron chi connectivity index (χ4n) is 0.120. The molecule has 1 unspecified atom stereocenters. The molecule has 0 N–H and O–H groups in total. The van der Waals surface area contributed by atoms with E-state index in [9.17, 15) is 0 Å². The van der Waals surface area contributed by atoms with Crippen molar-refractivity contribution in [3.8, 4) is 0 Å². The van der Waals surface area contributed by atoms with Crippen molar-refractivity contribution in [2.24, 2.45) is 0 Å². The van der Waals surface area contributed by atoms with E-state index in [1.54, 1.807) is 0 Å². The van der Waals surface area contributed by atoms with Crippen LogP contribution in [-0.4, -0.2) is 17.5 Å². The van der Waals surface area contributed by atoms with Crippen LogP contribution >= 0.6 is 68.3 Å². The van der Waals surface area contributed by atoms with Crippen molar-refractivity contribution in [1.29, 1.82) is 0 Å². The van der Waals surface area contributed by atoms with Crippen LogP contribution in [0.15, 0.2) is 0 Å². The molecular weight excluding hydrogens is 445 g/mol. The zero-order valence-corrected chi connectivity index (χ0v) is 11.1. The Morgan fingerprint density at radius 2 is 1.75 bits per heavy atom. The zero-order valence-electron chi connectivity index (χ0n) is 4.61. The van der Waals surface area contributed by atoms with Gasteiger partial charge in [-0.25, -0.2) is 5.01 Å². The second kappa shape index (κ2) is 4.85. The normalized spacial score (nSPS) is 15.4. The summed E-state index contributed by atoms with van der Waals surface area (Å²) in [5.41, 5.74) is 0. The van der Waals surface area contributed by atoms with E-state index in [0.717, 1.165) is 0 Å². The Balaban J connectivity index is 3.46. The molecule has 0 fully saturated rings. The molecule has 0 bridgehead atoms. The van der Waals surface area contributed by atoms with Gasteiger partial charge in [-0.1, -0.05) is 22.6 Å². The van der Waals surface area contributed by atoms with Gasteiger partial charge >= 0.3 is 0 Å². The summed E-state index contributed by atoms with van der Waals surface area (Å²) >= 11 is 6.81. The minimum absolute atomic E-state index is 0.557. The van der Waals surface area contributed by atoms with Crippen LogP contribution < -0.4 is 0 Å². The molecule has 0 radical (unpaired) electrons. The van der Waals surface area contributed by atoms with Gasteiger partial charge in [-0.05, 0) is 6.92 Å². The van der Waals surface area contributed by atoms with Crippen molar-refractivity contribution in [2.75, 3.05) is 7.05 Å². The number of halogens is 3. The Morgan fingerprint density at radius 3 is 1.75 bits per heavy atom. The van der Waals surface area contributed by atoms with Crippen LogP contribution in [0.5, 0.6) is 0 Å². The molecular formula is C3H7I3N2. The van der Waals surface area contributed by atoms with Gasteiger partial charge in [-0.15, -0.1) is 1.44 Å². The first-order valence-electron chi connectivity index (χ1n) is 2.04. The molecule has 0 saturated carbocycles. The summed E-state index contributed by atoms with van der Waals surface area (Å²) in [6.45, 7) is 2.14. The molecule has 0 spiro atoms. The SMILES string of the molecule is CC(I)N(C)N(I)I. The molecule has 5 heteroatoms. The molecule has 0 aromatic rings.